The van der Waals surface area contributed by atoms with Crippen molar-refractivity contribution in [1.29, 1.82) is 0 Å². The minimum Gasteiger partial charge on any atom is -0.467 e. The highest BCUT2D eigenvalue weighted by molar-refractivity contribution is 6.32. The van der Waals surface area contributed by atoms with Crippen molar-refractivity contribution in [3.05, 3.63) is 0 Å². The van der Waals surface area contributed by atoms with E-state index in [0.717, 1.165) is 0 Å². The molecule has 0 fully saturated rings. The molecular weight excluding hydrogens is 214 g/mol. The van der Waals surface area contributed by atoms with Crippen LogP contribution in [0.25, 0.3) is 0 Å². The number of methoxy groups -OCH3 is 1. The first-order chi connectivity index (χ1) is 7.43. The summed E-state index contributed by atoms with van der Waals surface area (Å²) in [5, 5.41) is 2.26. The summed E-state index contributed by atoms with van der Waals surface area (Å²) in [5.74, 6) is -2.71. The van der Waals surface area contributed by atoms with Crippen molar-refractivity contribution in [3.63, 3.8) is 0 Å². The number of ether oxygens (including phenoxy) is 2. The number of esters is 2. The molecule has 0 unspecified atom stereocenters. The predicted molar refractivity (Wildman–Crippen MR) is 55.4 cm³/mol. The third-order valence-electron chi connectivity index (χ3n) is 1.87. The Kier molecular flexibility index (Phi) is 6.14. The summed E-state index contributed by atoms with van der Waals surface area (Å²) in [6, 6.07) is -0.845. The van der Waals surface area contributed by atoms with Crippen LogP contribution in [-0.4, -0.2) is 37.6 Å². The molecule has 1 atom stereocenters. The van der Waals surface area contributed by atoms with Crippen molar-refractivity contribution in [2.24, 2.45) is 5.92 Å². The number of nitrogens with one attached hydrogen (secondary N) is 1. The number of hydrogen-bond acceptors (Lipinski definition) is 5. The molecule has 0 aliphatic rings. The number of rotatable bonds is 4. The fourth-order valence-corrected chi connectivity index (χ4v) is 1.02. The minimum absolute atomic E-state index is 0.108. The zero-order chi connectivity index (χ0) is 12.7. The highest BCUT2D eigenvalue weighted by atomic mass is 16.5. The van der Waals surface area contributed by atoms with Gasteiger partial charge < -0.3 is 14.8 Å². The smallest absolute Gasteiger partial charge is 0.396 e. The van der Waals surface area contributed by atoms with Gasteiger partial charge >= 0.3 is 17.8 Å². The lowest BCUT2D eigenvalue weighted by molar-refractivity contribution is -0.156. The zero-order valence-electron chi connectivity index (χ0n) is 9.90. The lowest BCUT2D eigenvalue weighted by atomic mass is 10.0. The maximum atomic E-state index is 11.3. The van der Waals surface area contributed by atoms with Crippen LogP contribution in [-0.2, 0) is 23.9 Å². The molecule has 1 N–H and O–H groups in total. The van der Waals surface area contributed by atoms with Gasteiger partial charge in [0.15, 0.2) is 0 Å². The van der Waals surface area contributed by atoms with Crippen LogP contribution in [0.5, 0.6) is 0 Å². The number of amides is 1. The van der Waals surface area contributed by atoms with Gasteiger partial charge in [0.2, 0.25) is 0 Å². The van der Waals surface area contributed by atoms with E-state index in [4.69, 9.17) is 0 Å². The summed E-state index contributed by atoms with van der Waals surface area (Å²) in [4.78, 5) is 33.6. The van der Waals surface area contributed by atoms with Crippen molar-refractivity contribution in [3.8, 4) is 0 Å². The van der Waals surface area contributed by atoms with Crippen molar-refractivity contribution in [2.75, 3.05) is 13.7 Å². The Labute approximate surface area is 94.3 Å². The summed E-state index contributed by atoms with van der Waals surface area (Å²) in [6.07, 6.45) is 0. The lowest BCUT2D eigenvalue weighted by Gasteiger charge is -2.18. The molecule has 1 amide bonds. The molecule has 16 heavy (non-hydrogen) atoms. The van der Waals surface area contributed by atoms with Gasteiger partial charge in [-0.2, -0.15) is 0 Å². The molecule has 0 spiro atoms. The van der Waals surface area contributed by atoms with E-state index in [1.165, 1.54) is 7.11 Å². The monoisotopic (exact) mass is 231 g/mol. The first-order valence-corrected chi connectivity index (χ1v) is 4.99. The van der Waals surface area contributed by atoms with Gasteiger partial charge in [-0.3, -0.25) is 4.79 Å². The van der Waals surface area contributed by atoms with Gasteiger partial charge in [0.25, 0.3) is 0 Å². The van der Waals surface area contributed by atoms with E-state index in [1.807, 2.05) is 0 Å². The SMILES string of the molecule is CCOC(=O)C(=O)N[C@H](C(=O)OC)C(C)C. The molecule has 0 heterocycles. The molecule has 0 aromatic carbocycles. The standard InChI is InChI=1S/C10H17NO5/c1-5-16-10(14)8(12)11-7(6(2)3)9(13)15-4/h6-7H,5H2,1-4H3,(H,11,12)/t7-/m0/s1. The third kappa shape index (κ3) is 4.29. The molecule has 6 heteroatoms. The zero-order valence-corrected chi connectivity index (χ0v) is 9.90. The minimum atomic E-state index is -1.00. The summed E-state index contributed by atoms with van der Waals surface area (Å²) in [7, 11) is 1.22. The molecule has 92 valence electrons. The first-order valence-electron chi connectivity index (χ1n) is 4.99. The maximum absolute atomic E-state index is 11.3. The molecule has 0 saturated carbocycles. The first kappa shape index (κ1) is 14.4. The Morgan fingerprint density at radius 2 is 1.81 bits per heavy atom. The van der Waals surface area contributed by atoms with Crippen LogP contribution in [0.4, 0.5) is 0 Å². The molecule has 0 rings (SSSR count). The highest BCUT2D eigenvalue weighted by Crippen LogP contribution is 2.03. The lowest BCUT2D eigenvalue weighted by Crippen LogP contribution is -2.47. The van der Waals surface area contributed by atoms with Crippen molar-refractivity contribution >= 4 is 17.8 Å². The molecule has 0 aliphatic heterocycles. The van der Waals surface area contributed by atoms with Crippen LogP contribution in [0.3, 0.4) is 0 Å². The molecule has 6 nitrogen and oxygen atoms in total. The Bertz CT molecular complexity index is 274. The van der Waals surface area contributed by atoms with E-state index < -0.39 is 23.9 Å². The summed E-state index contributed by atoms with van der Waals surface area (Å²) in [5.41, 5.74) is 0. The Balaban J connectivity index is 4.46. The molecule has 0 aromatic heterocycles. The van der Waals surface area contributed by atoms with Crippen LogP contribution in [0, 0.1) is 5.92 Å². The fourth-order valence-electron chi connectivity index (χ4n) is 1.02. The Morgan fingerprint density at radius 1 is 1.25 bits per heavy atom. The van der Waals surface area contributed by atoms with Crippen LogP contribution >= 0.6 is 0 Å². The average Bonchev–Trinajstić information content (AvgIpc) is 2.24. The Hall–Kier alpha value is -1.59. The average molecular weight is 231 g/mol. The van der Waals surface area contributed by atoms with Gasteiger partial charge in [-0.15, -0.1) is 0 Å². The second kappa shape index (κ2) is 6.81. The number of carbonyl (C=O) groups excluding carboxylic acids is 3. The van der Waals surface area contributed by atoms with Crippen LogP contribution in [0.15, 0.2) is 0 Å². The summed E-state index contributed by atoms with van der Waals surface area (Å²) in [6.45, 7) is 5.16. The third-order valence-corrected chi connectivity index (χ3v) is 1.87. The van der Waals surface area contributed by atoms with Crippen molar-refractivity contribution in [1.82, 2.24) is 5.32 Å². The number of carbonyl (C=O) groups is 3. The van der Waals surface area contributed by atoms with Crippen LogP contribution in [0.1, 0.15) is 20.8 Å². The maximum Gasteiger partial charge on any atom is 0.396 e. The van der Waals surface area contributed by atoms with Crippen molar-refractivity contribution < 1.29 is 23.9 Å². The topological polar surface area (TPSA) is 81.7 Å². The van der Waals surface area contributed by atoms with Gasteiger partial charge in [-0.1, -0.05) is 13.8 Å². The van der Waals surface area contributed by atoms with Gasteiger partial charge in [0.05, 0.1) is 13.7 Å². The van der Waals surface area contributed by atoms with Crippen molar-refractivity contribution in [2.45, 2.75) is 26.8 Å². The van der Waals surface area contributed by atoms with E-state index in [-0.39, 0.29) is 12.5 Å². The van der Waals surface area contributed by atoms with Gasteiger partial charge in [-0.25, -0.2) is 9.59 Å². The van der Waals surface area contributed by atoms with Gasteiger partial charge in [0.1, 0.15) is 6.04 Å². The second-order valence-corrected chi connectivity index (χ2v) is 3.44. The quantitative estimate of drug-likeness (QED) is 0.538. The van der Waals surface area contributed by atoms with E-state index in [1.54, 1.807) is 20.8 Å². The van der Waals surface area contributed by atoms with E-state index in [2.05, 4.69) is 14.8 Å². The summed E-state index contributed by atoms with van der Waals surface area (Å²) < 4.78 is 9.00. The molecular formula is C10H17NO5. The van der Waals surface area contributed by atoms with Gasteiger partial charge in [0, 0.05) is 0 Å². The molecule has 0 saturated heterocycles. The number of hydrogen-bond donors (Lipinski definition) is 1. The Morgan fingerprint density at radius 3 is 2.19 bits per heavy atom. The van der Waals surface area contributed by atoms with Gasteiger partial charge in [-0.05, 0) is 12.8 Å². The molecule has 0 aliphatic carbocycles. The molecule has 0 bridgehead atoms. The molecule has 0 aromatic rings. The highest BCUT2D eigenvalue weighted by Gasteiger charge is 2.27. The summed E-state index contributed by atoms with van der Waals surface area (Å²) >= 11 is 0. The van der Waals surface area contributed by atoms with Crippen LogP contribution in [0.2, 0.25) is 0 Å². The fraction of sp³-hybridized carbons (Fsp3) is 0.700. The van der Waals surface area contributed by atoms with E-state index in [0.29, 0.717) is 0 Å². The molecule has 0 radical (unpaired) electrons. The largest absolute Gasteiger partial charge is 0.467 e. The predicted octanol–water partition coefficient (Wildman–Crippen LogP) is -0.137. The normalized spacial score (nSPS) is 11.8. The second-order valence-electron chi connectivity index (χ2n) is 3.44. The van der Waals surface area contributed by atoms with E-state index in [9.17, 15) is 14.4 Å². The van der Waals surface area contributed by atoms with E-state index >= 15 is 0 Å². The van der Waals surface area contributed by atoms with Crippen LogP contribution < -0.4 is 5.32 Å².